The van der Waals surface area contributed by atoms with E-state index in [2.05, 4.69) is 26.1 Å². The summed E-state index contributed by atoms with van der Waals surface area (Å²) in [6.07, 6.45) is 0. The number of benzene rings is 1. The zero-order valence-electron chi connectivity index (χ0n) is 6.67. The molecule has 0 unspecified atom stereocenters. The lowest BCUT2D eigenvalue weighted by atomic mass is 10.2. The van der Waals surface area contributed by atoms with Gasteiger partial charge in [0.2, 0.25) is 0 Å². The molecular formula is C8H3BrClFN2O. The molecule has 2 aromatic rings. The van der Waals surface area contributed by atoms with Crippen LogP contribution in [0, 0.1) is 5.82 Å². The van der Waals surface area contributed by atoms with Gasteiger partial charge >= 0.3 is 0 Å². The van der Waals surface area contributed by atoms with E-state index in [0.717, 1.165) is 4.47 Å². The van der Waals surface area contributed by atoms with E-state index in [-0.39, 0.29) is 16.7 Å². The Morgan fingerprint density at radius 2 is 2.21 bits per heavy atom. The normalized spacial score (nSPS) is 10.5. The highest BCUT2D eigenvalue weighted by atomic mass is 79.9. The SMILES string of the molecule is Fc1ccc(Br)cc1-c1nc(Cl)no1. The second kappa shape index (κ2) is 3.67. The summed E-state index contributed by atoms with van der Waals surface area (Å²) in [5.41, 5.74) is 0.221. The van der Waals surface area contributed by atoms with Gasteiger partial charge in [-0.25, -0.2) is 4.39 Å². The lowest BCUT2D eigenvalue weighted by Gasteiger charge is -1.96. The average Bonchev–Trinajstić information content (AvgIpc) is 2.56. The van der Waals surface area contributed by atoms with Crippen molar-refractivity contribution in [2.45, 2.75) is 0 Å². The molecule has 1 heterocycles. The molecule has 0 aliphatic heterocycles. The number of nitrogens with zero attached hydrogens (tertiary/aromatic N) is 2. The van der Waals surface area contributed by atoms with E-state index in [0.29, 0.717) is 0 Å². The Morgan fingerprint density at radius 3 is 2.86 bits per heavy atom. The third-order valence-corrected chi connectivity index (χ3v) is 2.21. The molecule has 2 rings (SSSR count). The number of aromatic nitrogens is 2. The van der Waals surface area contributed by atoms with Crippen molar-refractivity contribution < 1.29 is 8.91 Å². The second-order valence-electron chi connectivity index (χ2n) is 2.49. The van der Waals surface area contributed by atoms with Gasteiger partial charge in [0.05, 0.1) is 5.56 Å². The third kappa shape index (κ3) is 1.78. The van der Waals surface area contributed by atoms with Crippen molar-refractivity contribution in [2.75, 3.05) is 0 Å². The highest BCUT2D eigenvalue weighted by molar-refractivity contribution is 9.10. The van der Waals surface area contributed by atoms with E-state index in [1.807, 2.05) is 0 Å². The van der Waals surface area contributed by atoms with Gasteiger partial charge in [0.15, 0.2) is 0 Å². The molecule has 0 spiro atoms. The first-order valence-electron chi connectivity index (χ1n) is 3.61. The smallest absolute Gasteiger partial charge is 0.264 e. The first-order chi connectivity index (χ1) is 6.66. The minimum absolute atomic E-state index is 0.0422. The molecule has 0 fully saturated rings. The van der Waals surface area contributed by atoms with Crippen molar-refractivity contribution in [3.05, 3.63) is 33.8 Å². The maximum absolute atomic E-state index is 13.3. The first kappa shape index (κ1) is 9.61. The Kier molecular flexibility index (Phi) is 2.52. The molecule has 0 saturated heterocycles. The Morgan fingerprint density at radius 1 is 1.43 bits per heavy atom. The molecule has 0 atom stereocenters. The summed E-state index contributed by atoms with van der Waals surface area (Å²) in [6.45, 7) is 0. The number of hydrogen-bond acceptors (Lipinski definition) is 3. The Hall–Kier alpha value is -0.940. The van der Waals surface area contributed by atoms with Crippen LogP contribution in [0.4, 0.5) is 4.39 Å². The largest absolute Gasteiger partial charge is 0.333 e. The molecule has 0 amide bonds. The highest BCUT2D eigenvalue weighted by Crippen LogP contribution is 2.25. The maximum Gasteiger partial charge on any atom is 0.264 e. The predicted octanol–water partition coefficient (Wildman–Crippen LogP) is 3.29. The fourth-order valence-corrected chi connectivity index (χ4v) is 1.45. The number of hydrogen-bond donors (Lipinski definition) is 0. The van der Waals surface area contributed by atoms with Crippen molar-refractivity contribution in [2.24, 2.45) is 0 Å². The molecule has 14 heavy (non-hydrogen) atoms. The number of rotatable bonds is 1. The third-order valence-electron chi connectivity index (χ3n) is 1.56. The minimum Gasteiger partial charge on any atom is -0.333 e. The molecule has 0 N–H and O–H groups in total. The van der Waals surface area contributed by atoms with Crippen LogP contribution in [0.5, 0.6) is 0 Å². The van der Waals surface area contributed by atoms with Crippen LogP contribution in [0.3, 0.4) is 0 Å². The van der Waals surface area contributed by atoms with Gasteiger partial charge in [0.25, 0.3) is 11.2 Å². The lowest BCUT2D eigenvalue weighted by molar-refractivity contribution is 0.428. The molecule has 0 aliphatic carbocycles. The fourth-order valence-electron chi connectivity index (χ4n) is 0.976. The van der Waals surface area contributed by atoms with Gasteiger partial charge in [-0.1, -0.05) is 15.9 Å². The highest BCUT2D eigenvalue weighted by Gasteiger charge is 2.12. The predicted molar refractivity (Wildman–Crippen MR) is 52.4 cm³/mol. The Bertz CT molecular complexity index is 474. The summed E-state index contributed by atoms with van der Waals surface area (Å²) >= 11 is 8.66. The van der Waals surface area contributed by atoms with Crippen molar-refractivity contribution in [3.8, 4) is 11.5 Å². The summed E-state index contributed by atoms with van der Waals surface area (Å²) in [6, 6.07) is 4.42. The molecule has 1 aromatic heterocycles. The van der Waals surface area contributed by atoms with Crippen LogP contribution in [-0.4, -0.2) is 10.1 Å². The van der Waals surface area contributed by atoms with Crippen LogP contribution in [-0.2, 0) is 0 Å². The van der Waals surface area contributed by atoms with Gasteiger partial charge in [0, 0.05) is 4.47 Å². The summed E-state index contributed by atoms with van der Waals surface area (Å²) < 4.78 is 18.7. The molecule has 0 saturated carbocycles. The molecule has 0 radical (unpaired) electrons. The van der Waals surface area contributed by atoms with Gasteiger partial charge in [-0.2, -0.15) is 4.98 Å². The van der Waals surface area contributed by atoms with Gasteiger partial charge < -0.3 is 4.52 Å². The van der Waals surface area contributed by atoms with E-state index in [4.69, 9.17) is 16.1 Å². The second-order valence-corrected chi connectivity index (χ2v) is 3.75. The van der Waals surface area contributed by atoms with Crippen LogP contribution < -0.4 is 0 Å². The molecule has 6 heteroatoms. The molecule has 72 valence electrons. The van der Waals surface area contributed by atoms with Crippen LogP contribution >= 0.6 is 27.5 Å². The first-order valence-corrected chi connectivity index (χ1v) is 4.78. The van der Waals surface area contributed by atoms with Gasteiger partial charge in [-0.3, -0.25) is 0 Å². The van der Waals surface area contributed by atoms with Crippen LogP contribution in [0.2, 0.25) is 5.28 Å². The van der Waals surface area contributed by atoms with Gasteiger partial charge in [-0.15, -0.1) is 0 Å². The number of halogens is 3. The Balaban J connectivity index is 2.55. The van der Waals surface area contributed by atoms with Crippen molar-refractivity contribution in [1.82, 2.24) is 10.1 Å². The standard InChI is InChI=1S/C8H3BrClFN2O/c9-4-1-2-6(11)5(3-4)7-12-8(10)13-14-7/h1-3H. The van der Waals surface area contributed by atoms with Crippen molar-refractivity contribution in [3.63, 3.8) is 0 Å². The van der Waals surface area contributed by atoms with E-state index < -0.39 is 5.82 Å². The van der Waals surface area contributed by atoms with Gasteiger partial charge in [-0.05, 0) is 35.0 Å². The maximum atomic E-state index is 13.3. The van der Waals surface area contributed by atoms with E-state index in [9.17, 15) is 4.39 Å². The van der Waals surface area contributed by atoms with Crippen LogP contribution in [0.1, 0.15) is 0 Å². The van der Waals surface area contributed by atoms with Crippen LogP contribution in [0.25, 0.3) is 11.5 Å². The van der Waals surface area contributed by atoms with Crippen molar-refractivity contribution >= 4 is 27.5 Å². The van der Waals surface area contributed by atoms with Crippen LogP contribution in [0.15, 0.2) is 27.2 Å². The monoisotopic (exact) mass is 276 g/mol. The summed E-state index contributed by atoms with van der Waals surface area (Å²) in [5.74, 6) is -0.373. The Labute approximate surface area is 92.0 Å². The quantitative estimate of drug-likeness (QED) is 0.803. The van der Waals surface area contributed by atoms with Crippen molar-refractivity contribution in [1.29, 1.82) is 0 Å². The molecular weight excluding hydrogens is 274 g/mol. The lowest BCUT2D eigenvalue weighted by Crippen LogP contribution is -1.83. The topological polar surface area (TPSA) is 38.9 Å². The zero-order chi connectivity index (χ0) is 10.1. The van der Waals surface area contributed by atoms with Gasteiger partial charge in [0.1, 0.15) is 5.82 Å². The minimum atomic E-state index is -0.437. The van der Waals surface area contributed by atoms with E-state index >= 15 is 0 Å². The van der Waals surface area contributed by atoms with E-state index in [1.165, 1.54) is 6.07 Å². The molecule has 1 aromatic carbocycles. The zero-order valence-corrected chi connectivity index (χ0v) is 9.01. The average molecular weight is 277 g/mol. The molecule has 3 nitrogen and oxygen atoms in total. The summed E-state index contributed by atoms with van der Waals surface area (Å²) in [4.78, 5) is 3.71. The molecule has 0 bridgehead atoms. The fraction of sp³-hybridized carbons (Fsp3) is 0. The molecule has 0 aliphatic rings. The summed E-state index contributed by atoms with van der Waals surface area (Å²) in [7, 11) is 0. The van der Waals surface area contributed by atoms with E-state index in [1.54, 1.807) is 12.1 Å². The summed E-state index contributed by atoms with van der Waals surface area (Å²) in [5, 5.41) is 3.32.